The maximum atomic E-state index is 12.0. The van der Waals surface area contributed by atoms with Crippen molar-refractivity contribution in [2.24, 2.45) is 0 Å². The lowest BCUT2D eigenvalue weighted by atomic mass is 10.1. The van der Waals surface area contributed by atoms with Crippen molar-refractivity contribution in [3.63, 3.8) is 0 Å². The number of piperidine rings is 1. The van der Waals surface area contributed by atoms with E-state index in [1.807, 2.05) is 37.3 Å². The van der Waals surface area contributed by atoms with E-state index in [0.717, 1.165) is 44.6 Å². The van der Waals surface area contributed by atoms with Crippen LogP contribution in [0.25, 0.3) is 0 Å². The number of nitrogens with zero attached hydrogens (tertiary/aromatic N) is 1. The van der Waals surface area contributed by atoms with E-state index in [1.54, 1.807) is 0 Å². The first-order valence-corrected chi connectivity index (χ1v) is 8.29. The van der Waals surface area contributed by atoms with Crippen molar-refractivity contribution in [2.75, 3.05) is 31.5 Å². The summed E-state index contributed by atoms with van der Waals surface area (Å²) in [5, 5.41) is 8.72. The molecule has 23 heavy (non-hydrogen) atoms. The van der Waals surface area contributed by atoms with Gasteiger partial charge in [-0.1, -0.05) is 25.1 Å². The number of para-hydroxylation sites is 1. The van der Waals surface area contributed by atoms with Gasteiger partial charge in [0.05, 0.1) is 6.54 Å². The number of benzene rings is 1. The SMILES string of the molecule is CCCNC(=O)CN1CCC(NC(=O)Nc2ccccc2)CC1. The number of likely N-dealkylation sites (tertiary alicyclic amines) is 1. The number of carbonyl (C=O) groups is 2. The minimum Gasteiger partial charge on any atom is -0.355 e. The molecule has 0 aliphatic carbocycles. The molecule has 3 N–H and O–H groups in total. The minimum absolute atomic E-state index is 0.0834. The molecule has 1 saturated heterocycles. The molecule has 1 heterocycles. The lowest BCUT2D eigenvalue weighted by Gasteiger charge is -2.31. The first-order chi connectivity index (χ1) is 11.2. The zero-order chi connectivity index (χ0) is 16.5. The molecule has 0 unspecified atom stereocenters. The Morgan fingerprint density at radius 1 is 1.17 bits per heavy atom. The highest BCUT2D eigenvalue weighted by Crippen LogP contribution is 2.11. The number of hydrogen-bond donors (Lipinski definition) is 3. The predicted octanol–water partition coefficient (Wildman–Crippen LogP) is 1.80. The molecule has 0 saturated carbocycles. The predicted molar refractivity (Wildman–Crippen MR) is 91.4 cm³/mol. The van der Waals surface area contributed by atoms with E-state index in [4.69, 9.17) is 0 Å². The maximum Gasteiger partial charge on any atom is 0.319 e. The van der Waals surface area contributed by atoms with Crippen molar-refractivity contribution >= 4 is 17.6 Å². The molecule has 6 nitrogen and oxygen atoms in total. The molecule has 1 aromatic rings. The second kappa shape index (κ2) is 9.15. The Labute approximate surface area is 137 Å². The van der Waals surface area contributed by atoms with Crippen molar-refractivity contribution in [3.8, 4) is 0 Å². The molecule has 0 aromatic heterocycles. The molecule has 6 heteroatoms. The summed E-state index contributed by atoms with van der Waals surface area (Å²) >= 11 is 0. The van der Waals surface area contributed by atoms with Crippen molar-refractivity contribution in [2.45, 2.75) is 32.2 Å². The molecular weight excluding hydrogens is 292 g/mol. The van der Waals surface area contributed by atoms with Gasteiger partial charge in [0.25, 0.3) is 0 Å². The number of hydrogen-bond acceptors (Lipinski definition) is 3. The van der Waals surface area contributed by atoms with Crippen LogP contribution in [0.3, 0.4) is 0 Å². The van der Waals surface area contributed by atoms with Crippen LogP contribution in [0.5, 0.6) is 0 Å². The fourth-order valence-corrected chi connectivity index (χ4v) is 2.63. The Morgan fingerprint density at radius 2 is 1.87 bits per heavy atom. The monoisotopic (exact) mass is 318 g/mol. The number of rotatable bonds is 6. The number of nitrogens with one attached hydrogen (secondary N) is 3. The molecule has 1 aliphatic rings. The summed E-state index contributed by atoms with van der Waals surface area (Å²) in [6.07, 6.45) is 2.68. The molecule has 1 aliphatic heterocycles. The van der Waals surface area contributed by atoms with Gasteiger partial charge in [0.2, 0.25) is 5.91 Å². The average molecular weight is 318 g/mol. The number of urea groups is 1. The van der Waals surface area contributed by atoms with Gasteiger partial charge in [-0.25, -0.2) is 4.79 Å². The van der Waals surface area contributed by atoms with Gasteiger partial charge in [-0.15, -0.1) is 0 Å². The second-order valence-electron chi connectivity index (χ2n) is 5.86. The van der Waals surface area contributed by atoms with Crippen LogP contribution in [0.15, 0.2) is 30.3 Å². The van der Waals surface area contributed by atoms with Gasteiger partial charge in [0.1, 0.15) is 0 Å². The zero-order valence-corrected chi connectivity index (χ0v) is 13.7. The van der Waals surface area contributed by atoms with Crippen LogP contribution in [-0.4, -0.2) is 49.1 Å². The Bertz CT molecular complexity index is 499. The van der Waals surface area contributed by atoms with Gasteiger partial charge in [0, 0.05) is 31.4 Å². The molecule has 0 atom stereocenters. The Kier molecular flexibility index (Phi) is 6.87. The summed E-state index contributed by atoms with van der Waals surface area (Å²) in [5.41, 5.74) is 0.787. The standard InChI is InChI=1S/C17H26N4O2/c1-2-10-18-16(22)13-21-11-8-15(9-12-21)20-17(23)19-14-6-4-3-5-7-14/h3-7,15H,2,8-13H2,1H3,(H,18,22)(H2,19,20,23). The van der Waals surface area contributed by atoms with Crippen LogP contribution in [0.4, 0.5) is 10.5 Å². The van der Waals surface area contributed by atoms with Crippen LogP contribution >= 0.6 is 0 Å². The first kappa shape index (κ1) is 17.3. The van der Waals surface area contributed by atoms with Crippen LogP contribution in [-0.2, 0) is 4.79 Å². The fourth-order valence-electron chi connectivity index (χ4n) is 2.63. The highest BCUT2D eigenvalue weighted by Gasteiger charge is 2.21. The largest absolute Gasteiger partial charge is 0.355 e. The van der Waals surface area contributed by atoms with E-state index in [-0.39, 0.29) is 18.0 Å². The van der Waals surface area contributed by atoms with Crippen molar-refractivity contribution in [3.05, 3.63) is 30.3 Å². The summed E-state index contributed by atoms with van der Waals surface area (Å²) in [4.78, 5) is 25.8. The van der Waals surface area contributed by atoms with Gasteiger partial charge in [-0.3, -0.25) is 9.69 Å². The molecule has 1 fully saturated rings. The summed E-state index contributed by atoms with van der Waals surface area (Å²) in [6, 6.07) is 9.39. The van der Waals surface area contributed by atoms with E-state index in [9.17, 15) is 9.59 Å². The Morgan fingerprint density at radius 3 is 2.52 bits per heavy atom. The average Bonchev–Trinajstić information content (AvgIpc) is 2.55. The lowest BCUT2D eigenvalue weighted by Crippen LogP contribution is -2.48. The van der Waals surface area contributed by atoms with E-state index in [1.165, 1.54) is 0 Å². The third kappa shape index (κ3) is 6.28. The highest BCUT2D eigenvalue weighted by atomic mass is 16.2. The zero-order valence-electron chi connectivity index (χ0n) is 13.7. The van der Waals surface area contributed by atoms with E-state index in [2.05, 4.69) is 20.9 Å². The quantitative estimate of drug-likeness (QED) is 0.749. The summed E-state index contributed by atoms with van der Waals surface area (Å²) in [5.74, 6) is 0.0834. The molecule has 3 amide bonds. The van der Waals surface area contributed by atoms with Gasteiger partial charge in [0.15, 0.2) is 0 Å². The molecule has 0 bridgehead atoms. The van der Waals surface area contributed by atoms with Crippen molar-refractivity contribution in [1.29, 1.82) is 0 Å². The minimum atomic E-state index is -0.171. The highest BCUT2D eigenvalue weighted by molar-refractivity contribution is 5.89. The van der Waals surface area contributed by atoms with Crippen LogP contribution in [0.1, 0.15) is 26.2 Å². The van der Waals surface area contributed by atoms with Gasteiger partial charge >= 0.3 is 6.03 Å². The van der Waals surface area contributed by atoms with Crippen molar-refractivity contribution < 1.29 is 9.59 Å². The second-order valence-corrected chi connectivity index (χ2v) is 5.86. The molecule has 126 valence electrons. The van der Waals surface area contributed by atoms with Crippen LogP contribution in [0.2, 0.25) is 0 Å². The fraction of sp³-hybridized carbons (Fsp3) is 0.529. The van der Waals surface area contributed by atoms with E-state index < -0.39 is 0 Å². The number of amides is 3. The third-order valence-corrected chi connectivity index (χ3v) is 3.89. The number of anilines is 1. The van der Waals surface area contributed by atoms with E-state index in [0.29, 0.717) is 6.54 Å². The van der Waals surface area contributed by atoms with Crippen molar-refractivity contribution in [1.82, 2.24) is 15.5 Å². The smallest absolute Gasteiger partial charge is 0.319 e. The third-order valence-electron chi connectivity index (χ3n) is 3.89. The normalized spacial score (nSPS) is 15.9. The topological polar surface area (TPSA) is 73.5 Å². The summed E-state index contributed by atoms with van der Waals surface area (Å²) in [6.45, 7) is 4.88. The first-order valence-electron chi connectivity index (χ1n) is 8.29. The molecule has 0 radical (unpaired) electrons. The Balaban J connectivity index is 1.66. The maximum absolute atomic E-state index is 12.0. The summed E-state index contributed by atoms with van der Waals surface area (Å²) < 4.78 is 0. The van der Waals surface area contributed by atoms with Crippen LogP contribution < -0.4 is 16.0 Å². The van der Waals surface area contributed by atoms with E-state index >= 15 is 0 Å². The molecule has 2 rings (SSSR count). The number of carbonyl (C=O) groups excluding carboxylic acids is 2. The molecule has 1 aromatic carbocycles. The van der Waals surface area contributed by atoms with Gasteiger partial charge < -0.3 is 16.0 Å². The Hall–Kier alpha value is -2.08. The van der Waals surface area contributed by atoms with Gasteiger partial charge in [-0.2, -0.15) is 0 Å². The van der Waals surface area contributed by atoms with Crippen LogP contribution in [0, 0.1) is 0 Å². The molecular formula is C17H26N4O2. The summed E-state index contributed by atoms with van der Waals surface area (Å²) in [7, 11) is 0. The lowest BCUT2D eigenvalue weighted by molar-refractivity contribution is -0.122. The molecule has 0 spiro atoms. The van der Waals surface area contributed by atoms with Gasteiger partial charge in [-0.05, 0) is 31.4 Å².